The van der Waals surface area contributed by atoms with Crippen LogP contribution in [0.5, 0.6) is 0 Å². The van der Waals surface area contributed by atoms with E-state index in [9.17, 15) is 9.18 Å². The quantitative estimate of drug-likeness (QED) is 0.357. The molecule has 0 aliphatic rings. The van der Waals surface area contributed by atoms with Crippen LogP contribution in [0.3, 0.4) is 0 Å². The lowest BCUT2D eigenvalue weighted by Gasteiger charge is -2.03. The molecule has 0 aromatic heterocycles. The molecule has 0 unspecified atom stereocenters. The van der Waals surface area contributed by atoms with Crippen LogP contribution in [0.1, 0.15) is 12.5 Å². The molecule has 80 valence electrons. The molecule has 0 aliphatic carbocycles. The van der Waals surface area contributed by atoms with Crippen molar-refractivity contribution in [1.29, 1.82) is 0 Å². The third-order valence-electron chi connectivity index (χ3n) is 1.67. The van der Waals surface area contributed by atoms with E-state index in [1.54, 1.807) is 6.92 Å². The summed E-state index contributed by atoms with van der Waals surface area (Å²) in [6, 6.07) is 5.18. The number of hydrogen-bond acceptors (Lipinski definition) is 4. The van der Waals surface area contributed by atoms with E-state index in [0.29, 0.717) is 0 Å². The maximum Gasteiger partial charge on any atom is 0.361 e. The highest BCUT2D eigenvalue weighted by Crippen LogP contribution is 2.06. The molecule has 0 atom stereocenters. The van der Waals surface area contributed by atoms with Crippen LogP contribution in [-0.4, -0.2) is 23.5 Å². The normalized spacial score (nSPS) is 11.2. The van der Waals surface area contributed by atoms with Crippen LogP contribution in [-0.2, 0) is 9.53 Å². The highest BCUT2D eigenvalue weighted by atomic mass is 19.1. The van der Waals surface area contributed by atoms with E-state index < -0.39 is 11.8 Å². The zero-order valence-electron chi connectivity index (χ0n) is 8.11. The van der Waals surface area contributed by atoms with Gasteiger partial charge < -0.3 is 9.94 Å². The van der Waals surface area contributed by atoms with Gasteiger partial charge in [-0.15, -0.1) is 0 Å². The number of hydrogen-bond donors (Lipinski definition) is 1. The largest absolute Gasteiger partial charge is 0.461 e. The fourth-order valence-electron chi connectivity index (χ4n) is 1.05. The van der Waals surface area contributed by atoms with Gasteiger partial charge in [-0.1, -0.05) is 17.3 Å². The molecule has 15 heavy (non-hydrogen) atoms. The summed E-state index contributed by atoms with van der Waals surface area (Å²) in [7, 11) is 0. The van der Waals surface area contributed by atoms with Crippen molar-refractivity contribution in [2.24, 2.45) is 5.16 Å². The molecule has 0 radical (unpaired) electrons. The second-order valence-corrected chi connectivity index (χ2v) is 2.68. The Bertz CT molecular complexity index is 390. The van der Waals surface area contributed by atoms with E-state index in [1.807, 2.05) is 0 Å². The van der Waals surface area contributed by atoms with Gasteiger partial charge in [0.05, 0.1) is 6.61 Å². The minimum Gasteiger partial charge on any atom is -0.461 e. The van der Waals surface area contributed by atoms with Crippen LogP contribution >= 0.6 is 0 Å². The number of benzene rings is 1. The fourth-order valence-corrected chi connectivity index (χ4v) is 1.05. The van der Waals surface area contributed by atoms with Crippen molar-refractivity contribution in [1.82, 2.24) is 0 Å². The number of nitrogens with zero attached hydrogens (tertiary/aromatic N) is 1. The summed E-state index contributed by atoms with van der Waals surface area (Å²) < 4.78 is 17.5. The zero-order chi connectivity index (χ0) is 11.3. The fraction of sp³-hybridized carbons (Fsp3) is 0.200. The second-order valence-electron chi connectivity index (χ2n) is 2.68. The van der Waals surface area contributed by atoms with E-state index >= 15 is 0 Å². The summed E-state index contributed by atoms with van der Waals surface area (Å²) in [6.45, 7) is 1.78. The summed E-state index contributed by atoms with van der Waals surface area (Å²) in [5, 5.41) is 11.4. The van der Waals surface area contributed by atoms with E-state index in [4.69, 9.17) is 5.21 Å². The van der Waals surface area contributed by atoms with Gasteiger partial charge in [-0.25, -0.2) is 9.18 Å². The first-order chi connectivity index (χ1) is 7.19. The lowest BCUT2D eigenvalue weighted by molar-refractivity contribution is -0.135. The SMILES string of the molecule is CCOC(=O)/C(=N\O)c1cccc(F)c1. The minimum atomic E-state index is -0.786. The van der Waals surface area contributed by atoms with Crippen LogP contribution in [0.25, 0.3) is 0 Å². The van der Waals surface area contributed by atoms with Crippen molar-refractivity contribution < 1.29 is 19.1 Å². The molecule has 0 amide bonds. The van der Waals surface area contributed by atoms with E-state index in [-0.39, 0.29) is 17.9 Å². The standard InChI is InChI=1S/C10H10FNO3/c1-2-15-10(13)9(12-14)7-4-3-5-8(11)6-7/h3-6,14H,2H2,1H3/b12-9-. The average molecular weight is 211 g/mol. The van der Waals surface area contributed by atoms with Crippen LogP contribution in [0.15, 0.2) is 29.4 Å². The molecule has 1 N–H and O–H groups in total. The van der Waals surface area contributed by atoms with E-state index in [0.717, 1.165) is 6.07 Å². The van der Waals surface area contributed by atoms with Gasteiger partial charge >= 0.3 is 5.97 Å². The predicted molar refractivity (Wildman–Crippen MR) is 51.4 cm³/mol. The third-order valence-corrected chi connectivity index (χ3v) is 1.67. The van der Waals surface area contributed by atoms with Crippen LogP contribution in [0.2, 0.25) is 0 Å². The van der Waals surface area contributed by atoms with Crippen molar-refractivity contribution in [3.63, 3.8) is 0 Å². The lowest BCUT2D eigenvalue weighted by Crippen LogP contribution is -2.18. The summed E-state index contributed by atoms with van der Waals surface area (Å²) in [4.78, 5) is 11.3. The Hall–Kier alpha value is -1.91. The Morgan fingerprint density at radius 3 is 2.87 bits per heavy atom. The molecular weight excluding hydrogens is 201 g/mol. The summed E-state index contributed by atoms with van der Waals surface area (Å²) in [5.74, 6) is -1.30. The molecule has 5 heteroatoms. The van der Waals surface area contributed by atoms with Gasteiger partial charge in [0, 0.05) is 5.56 Å². The Kier molecular flexibility index (Phi) is 3.79. The predicted octanol–water partition coefficient (Wildman–Crippen LogP) is 1.57. The molecule has 1 aromatic rings. The smallest absolute Gasteiger partial charge is 0.361 e. The average Bonchev–Trinajstić information content (AvgIpc) is 2.19. The van der Waals surface area contributed by atoms with Gasteiger partial charge in [0.1, 0.15) is 5.82 Å². The number of halogens is 1. The Morgan fingerprint density at radius 2 is 2.33 bits per heavy atom. The summed E-state index contributed by atoms with van der Waals surface area (Å²) in [5.41, 5.74) is -0.132. The topological polar surface area (TPSA) is 58.9 Å². The van der Waals surface area contributed by atoms with Crippen LogP contribution in [0, 0.1) is 5.82 Å². The summed E-state index contributed by atoms with van der Waals surface area (Å²) >= 11 is 0. The molecule has 0 spiro atoms. The van der Waals surface area contributed by atoms with Gasteiger partial charge in [0.15, 0.2) is 5.71 Å². The first-order valence-corrected chi connectivity index (χ1v) is 4.34. The first kappa shape index (κ1) is 11.2. The van der Waals surface area contributed by atoms with E-state index in [2.05, 4.69) is 9.89 Å². The number of carbonyl (C=O) groups excluding carboxylic acids is 1. The maximum atomic E-state index is 12.8. The van der Waals surface area contributed by atoms with Gasteiger partial charge in [0.25, 0.3) is 0 Å². The van der Waals surface area contributed by atoms with Crippen molar-refractivity contribution in [3.8, 4) is 0 Å². The summed E-state index contributed by atoms with van der Waals surface area (Å²) in [6.07, 6.45) is 0. The van der Waals surface area contributed by atoms with Crippen molar-refractivity contribution in [2.75, 3.05) is 6.61 Å². The van der Waals surface area contributed by atoms with Gasteiger partial charge in [0.2, 0.25) is 0 Å². The third kappa shape index (κ3) is 2.77. The van der Waals surface area contributed by atoms with Crippen molar-refractivity contribution in [2.45, 2.75) is 6.92 Å². The Morgan fingerprint density at radius 1 is 1.60 bits per heavy atom. The molecule has 0 fully saturated rings. The number of rotatable bonds is 3. The monoisotopic (exact) mass is 211 g/mol. The molecule has 0 aliphatic heterocycles. The maximum absolute atomic E-state index is 12.8. The van der Waals surface area contributed by atoms with E-state index in [1.165, 1.54) is 18.2 Å². The van der Waals surface area contributed by atoms with Crippen molar-refractivity contribution in [3.05, 3.63) is 35.6 Å². The second kappa shape index (κ2) is 5.09. The van der Waals surface area contributed by atoms with Crippen LogP contribution < -0.4 is 0 Å². The zero-order valence-corrected chi connectivity index (χ0v) is 8.11. The van der Waals surface area contributed by atoms with Crippen LogP contribution in [0.4, 0.5) is 4.39 Å². The molecule has 4 nitrogen and oxygen atoms in total. The molecule has 1 rings (SSSR count). The first-order valence-electron chi connectivity index (χ1n) is 4.34. The highest BCUT2D eigenvalue weighted by Gasteiger charge is 2.16. The Balaban J connectivity index is 2.99. The molecule has 0 saturated heterocycles. The lowest BCUT2D eigenvalue weighted by atomic mass is 10.1. The number of carbonyl (C=O) groups is 1. The Labute approximate surface area is 86.0 Å². The number of oxime groups is 1. The molecule has 0 saturated carbocycles. The molecule has 0 heterocycles. The highest BCUT2D eigenvalue weighted by molar-refractivity contribution is 6.43. The van der Waals surface area contributed by atoms with Gasteiger partial charge in [-0.2, -0.15) is 0 Å². The molecule has 0 bridgehead atoms. The van der Waals surface area contributed by atoms with Gasteiger partial charge in [-0.3, -0.25) is 0 Å². The molecular formula is C10H10FNO3. The number of esters is 1. The van der Waals surface area contributed by atoms with Gasteiger partial charge in [-0.05, 0) is 19.1 Å². The number of ether oxygens (including phenoxy) is 1. The minimum absolute atomic E-state index is 0.160. The van der Waals surface area contributed by atoms with Crippen molar-refractivity contribution >= 4 is 11.7 Å². The molecule has 1 aromatic carbocycles.